The second kappa shape index (κ2) is 5.30. The topological polar surface area (TPSA) is 49.9 Å². The standard InChI is InChI=1S/C14H18N2O3/c1-4-19-14(18)9-15(2)11-5-6-12-10(7-11)8-13(17)16(12)3/h5-7H,4,8-9H2,1-3H3. The van der Waals surface area contributed by atoms with Gasteiger partial charge in [0.15, 0.2) is 0 Å². The number of hydrogen-bond donors (Lipinski definition) is 0. The lowest BCUT2D eigenvalue weighted by Gasteiger charge is -2.19. The molecule has 0 fully saturated rings. The molecule has 0 N–H and O–H groups in total. The van der Waals surface area contributed by atoms with Crippen molar-refractivity contribution < 1.29 is 14.3 Å². The molecule has 1 aromatic carbocycles. The van der Waals surface area contributed by atoms with Gasteiger partial charge in [0.25, 0.3) is 0 Å². The first-order chi connectivity index (χ1) is 9.02. The summed E-state index contributed by atoms with van der Waals surface area (Å²) in [4.78, 5) is 26.5. The number of rotatable bonds is 4. The van der Waals surface area contributed by atoms with Crippen LogP contribution in [0, 0.1) is 0 Å². The van der Waals surface area contributed by atoms with Crippen LogP contribution < -0.4 is 9.80 Å². The molecule has 0 saturated heterocycles. The maximum Gasteiger partial charge on any atom is 0.325 e. The number of carbonyl (C=O) groups excluding carboxylic acids is 2. The molecule has 0 unspecified atom stereocenters. The molecule has 1 aliphatic heterocycles. The van der Waals surface area contributed by atoms with Crippen molar-refractivity contribution in [2.24, 2.45) is 0 Å². The molecule has 5 nitrogen and oxygen atoms in total. The van der Waals surface area contributed by atoms with Crippen molar-refractivity contribution in [3.05, 3.63) is 23.8 Å². The van der Waals surface area contributed by atoms with E-state index in [0.29, 0.717) is 13.0 Å². The lowest BCUT2D eigenvalue weighted by molar-refractivity contribution is -0.141. The normalized spacial score (nSPS) is 13.4. The molecule has 5 heteroatoms. The third-order valence-corrected chi connectivity index (χ3v) is 3.25. The summed E-state index contributed by atoms with van der Waals surface area (Å²) in [6, 6.07) is 5.78. The van der Waals surface area contributed by atoms with Gasteiger partial charge >= 0.3 is 5.97 Å². The average molecular weight is 262 g/mol. The number of likely N-dealkylation sites (N-methyl/N-ethyl adjacent to an activating group) is 2. The third kappa shape index (κ3) is 2.70. The van der Waals surface area contributed by atoms with Gasteiger partial charge in [-0.05, 0) is 30.7 Å². The summed E-state index contributed by atoms with van der Waals surface area (Å²) in [6.07, 6.45) is 0.424. The Hall–Kier alpha value is -2.04. The van der Waals surface area contributed by atoms with Crippen LogP contribution in [0.1, 0.15) is 12.5 Å². The summed E-state index contributed by atoms with van der Waals surface area (Å²) < 4.78 is 4.92. The quantitative estimate of drug-likeness (QED) is 0.765. The van der Waals surface area contributed by atoms with Crippen LogP contribution in [0.15, 0.2) is 18.2 Å². The van der Waals surface area contributed by atoms with Crippen LogP contribution in [0.25, 0.3) is 0 Å². The number of amides is 1. The van der Waals surface area contributed by atoms with E-state index < -0.39 is 0 Å². The average Bonchev–Trinajstić information content (AvgIpc) is 2.65. The monoisotopic (exact) mass is 262 g/mol. The summed E-state index contributed by atoms with van der Waals surface area (Å²) in [6.45, 7) is 2.38. The van der Waals surface area contributed by atoms with Crippen molar-refractivity contribution in [1.82, 2.24) is 0 Å². The minimum absolute atomic E-state index is 0.0974. The Kier molecular flexibility index (Phi) is 3.74. The number of hydrogen-bond acceptors (Lipinski definition) is 4. The Morgan fingerprint density at radius 3 is 2.89 bits per heavy atom. The van der Waals surface area contributed by atoms with Gasteiger partial charge in [-0.2, -0.15) is 0 Å². The van der Waals surface area contributed by atoms with Crippen molar-refractivity contribution in [3.63, 3.8) is 0 Å². The van der Waals surface area contributed by atoms with Crippen LogP contribution in [0.4, 0.5) is 11.4 Å². The van der Waals surface area contributed by atoms with E-state index in [1.54, 1.807) is 18.9 Å². The Balaban J connectivity index is 2.13. The predicted molar refractivity (Wildman–Crippen MR) is 73.5 cm³/mol. The highest BCUT2D eigenvalue weighted by molar-refractivity contribution is 6.01. The van der Waals surface area contributed by atoms with Gasteiger partial charge in [0.05, 0.1) is 13.0 Å². The highest BCUT2D eigenvalue weighted by Crippen LogP contribution is 2.30. The van der Waals surface area contributed by atoms with E-state index in [1.807, 2.05) is 30.1 Å². The molecule has 1 aromatic rings. The van der Waals surface area contributed by atoms with Gasteiger partial charge in [0, 0.05) is 25.5 Å². The van der Waals surface area contributed by atoms with Gasteiger partial charge in [0.1, 0.15) is 6.54 Å². The molecule has 0 atom stereocenters. The Morgan fingerprint density at radius 1 is 1.47 bits per heavy atom. The molecular formula is C14H18N2O3. The molecule has 102 valence electrons. The van der Waals surface area contributed by atoms with E-state index in [9.17, 15) is 9.59 Å². The first kappa shape index (κ1) is 13.4. The van der Waals surface area contributed by atoms with E-state index in [-0.39, 0.29) is 18.4 Å². The molecular weight excluding hydrogens is 244 g/mol. The molecule has 0 radical (unpaired) electrons. The summed E-state index contributed by atoms with van der Waals surface area (Å²) >= 11 is 0. The van der Waals surface area contributed by atoms with Crippen LogP contribution in [0.2, 0.25) is 0 Å². The number of fused-ring (bicyclic) bond motifs is 1. The Morgan fingerprint density at radius 2 is 2.21 bits per heavy atom. The number of ether oxygens (including phenoxy) is 1. The van der Waals surface area contributed by atoms with Crippen LogP contribution >= 0.6 is 0 Å². The van der Waals surface area contributed by atoms with Crippen LogP contribution in [-0.2, 0) is 20.7 Å². The molecule has 2 rings (SSSR count). The van der Waals surface area contributed by atoms with Crippen LogP contribution in [-0.4, -0.2) is 39.1 Å². The van der Waals surface area contributed by atoms with Crippen molar-refractivity contribution in [1.29, 1.82) is 0 Å². The maximum atomic E-state index is 11.6. The Bertz CT molecular complexity index is 513. The minimum Gasteiger partial charge on any atom is -0.465 e. The molecule has 1 heterocycles. The van der Waals surface area contributed by atoms with Gasteiger partial charge < -0.3 is 14.5 Å². The Labute approximate surface area is 112 Å². The molecule has 0 aliphatic carbocycles. The van der Waals surface area contributed by atoms with Crippen molar-refractivity contribution in [3.8, 4) is 0 Å². The van der Waals surface area contributed by atoms with Crippen molar-refractivity contribution in [2.45, 2.75) is 13.3 Å². The second-order valence-corrected chi connectivity index (χ2v) is 4.60. The number of benzene rings is 1. The zero-order valence-corrected chi connectivity index (χ0v) is 11.5. The zero-order chi connectivity index (χ0) is 14.0. The smallest absolute Gasteiger partial charge is 0.325 e. The zero-order valence-electron chi connectivity index (χ0n) is 11.5. The molecule has 0 saturated carbocycles. The fourth-order valence-corrected chi connectivity index (χ4v) is 2.19. The van der Waals surface area contributed by atoms with E-state index in [2.05, 4.69) is 0 Å². The van der Waals surface area contributed by atoms with Crippen LogP contribution in [0.3, 0.4) is 0 Å². The lowest BCUT2D eigenvalue weighted by Crippen LogP contribution is -2.27. The van der Waals surface area contributed by atoms with E-state index in [4.69, 9.17) is 4.74 Å². The van der Waals surface area contributed by atoms with Crippen molar-refractivity contribution >= 4 is 23.3 Å². The number of nitrogens with zero attached hydrogens (tertiary/aromatic N) is 2. The maximum absolute atomic E-state index is 11.6. The third-order valence-electron chi connectivity index (χ3n) is 3.25. The van der Waals surface area contributed by atoms with Crippen molar-refractivity contribution in [2.75, 3.05) is 37.0 Å². The molecule has 1 amide bonds. The largest absolute Gasteiger partial charge is 0.465 e. The van der Waals surface area contributed by atoms with E-state index in [1.165, 1.54) is 0 Å². The molecule has 0 aromatic heterocycles. The van der Waals surface area contributed by atoms with E-state index >= 15 is 0 Å². The lowest BCUT2D eigenvalue weighted by atomic mass is 10.1. The number of esters is 1. The first-order valence-corrected chi connectivity index (χ1v) is 6.29. The predicted octanol–water partition coefficient (Wildman–Crippen LogP) is 1.20. The molecule has 0 spiro atoms. The molecule has 0 bridgehead atoms. The molecule has 19 heavy (non-hydrogen) atoms. The summed E-state index contributed by atoms with van der Waals surface area (Å²) in [5.74, 6) is -0.154. The summed E-state index contributed by atoms with van der Waals surface area (Å²) in [7, 11) is 3.61. The van der Waals surface area contributed by atoms with Gasteiger partial charge in [-0.15, -0.1) is 0 Å². The highest BCUT2D eigenvalue weighted by atomic mass is 16.5. The summed E-state index contributed by atoms with van der Waals surface area (Å²) in [5.41, 5.74) is 2.86. The van der Waals surface area contributed by atoms with Gasteiger partial charge in [-0.1, -0.05) is 0 Å². The van der Waals surface area contributed by atoms with Gasteiger partial charge in [-0.25, -0.2) is 0 Å². The fourth-order valence-electron chi connectivity index (χ4n) is 2.19. The summed E-state index contributed by atoms with van der Waals surface area (Å²) in [5, 5.41) is 0. The molecule has 1 aliphatic rings. The SMILES string of the molecule is CCOC(=O)CN(C)c1ccc2c(c1)CC(=O)N2C. The minimum atomic E-state index is -0.251. The second-order valence-electron chi connectivity index (χ2n) is 4.60. The van der Waals surface area contributed by atoms with Gasteiger partial charge in [-0.3, -0.25) is 9.59 Å². The van der Waals surface area contributed by atoms with E-state index in [0.717, 1.165) is 16.9 Å². The first-order valence-electron chi connectivity index (χ1n) is 6.29. The fraction of sp³-hybridized carbons (Fsp3) is 0.429. The number of anilines is 2. The number of carbonyl (C=O) groups is 2. The van der Waals surface area contributed by atoms with Gasteiger partial charge in [0.2, 0.25) is 5.91 Å². The van der Waals surface area contributed by atoms with Crippen LogP contribution in [0.5, 0.6) is 0 Å². The highest BCUT2D eigenvalue weighted by Gasteiger charge is 2.24.